The lowest BCUT2D eigenvalue weighted by molar-refractivity contribution is -0.124. The van der Waals surface area contributed by atoms with Crippen LogP contribution >= 0.6 is 0 Å². The number of amides is 1. The lowest BCUT2D eigenvalue weighted by Gasteiger charge is -2.21. The molecule has 1 aromatic rings. The summed E-state index contributed by atoms with van der Waals surface area (Å²) >= 11 is 0. The Kier molecular flexibility index (Phi) is 5.24. The van der Waals surface area contributed by atoms with Gasteiger partial charge in [0.25, 0.3) is 0 Å². The first-order chi connectivity index (χ1) is 9.61. The molecule has 0 aromatic heterocycles. The molecule has 0 aliphatic carbocycles. The summed E-state index contributed by atoms with van der Waals surface area (Å²) in [6.07, 6.45) is 0. The van der Waals surface area contributed by atoms with Crippen LogP contribution in [-0.4, -0.2) is 39.3 Å². The fourth-order valence-corrected chi connectivity index (χ4v) is 3.12. The van der Waals surface area contributed by atoms with Crippen LogP contribution in [-0.2, 0) is 14.8 Å². The molecule has 3 N–H and O–H groups in total. The quantitative estimate of drug-likeness (QED) is 0.775. The summed E-state index contributed by atoms with van der Waals surface area (Å²) in [5.41, 5.74) is 5.13. The van der Waals surface area contributed by atoms with Crippen molar-refractivity contribution in [1.29, 1.82) is 0 Å². The fourth-order valence-electron chi connectivity index (χ4n) is 1.75. The van der Waals surface area contributed by atoms with Gasteiger partial charge in [0.2, 0.25) is 15.9 Å². The van der Waals surface area contributed by atoms with Crippen molar-refractivity contribution in [3.05, 3.63) is 23.8 Å². The standard InChI is InChI=1S/C12H17F2N3O3S/c1-7(12(18)16-2)6-17(3)21(19,20)10-5-8(15)4-9(13)11(10)14/h4-5,7H,6,15H2,1-3H3,(H,16,18). The molecular weight excluding hydrogens is 304 g/mol. The molecule has 0 saturated carbocycles. The second kappa shape index (κ2) is 6.35. The molecule has 0 fully saturated rings. The van der Waals surface area contributed by atoms with Gasteiger partial charge in [-0.1, -0.05) is 6.92 Å². The highest BCUT2D eigenvalue weighted by Crippen LogP contribution is 2.24. The third kappa shape index (κ3) is 3.67. The topological polar surface area (TPSA) is 92.5 Å². The van der Waals surface area contributed by atoms with Crippen LogP contribution in [0.25, 0.3) is 0 Å². The minimum absolute atomic E-state index is 0.183. The SMILES string of the molecule is CNC(=O)C(C)CN(C)S(=O)(=O)c1cc(N)cc(F)c1F. The van der Waals surface area contributed by atoms with Crippen molar-refractivity contribution in [3.63, 3.8) is 0 Å². The Morgan fingerprint density at radius 2 is 2.00 bits per heavy atom. The number of nitrogens with one attached hydrogen (secondary N) is 1. The molecule has 6 nitrogen and oxygen atoms in total. The lowest BCUT2D eigenvalue weighted by Crippen LogP contribution is -2.37. The van der Waals surface area contributed by atoms with E-state index in [0.29, 0.717) is 6.07 Å². The summed E-state index contributed by atoms with van der Waals surface area (Å²) < 4.78 is 52.2. The van der Waals surface area contributed by atoms with Crippen molar-refractivity contribution in [2.45, 2.75) is 11.8 Å². The van der Waals surface area contributed by atoms with E-state index in [-0.39, 0.29) is 18.1 Å². The number of anilines is 1. The number of benzene rings is 1. The lowest BCUT2D eigenvalue weighted by atomic mass is 10.2. The highest BCUT2D eigenvalue weighted by Gasteiger charge is 2.29. The van der Waals surface area contributed by atoms with E-state index < -0.39 is 32.5 Å². The van der Waals surface area contributed by atoms with E-state index in [9.17, 15) is 22.0 Å². The second-order valence-corrected chi connectivity index (χ2v) is 6.63. The summed E-state index contributed by atoms with van der Waals surface area (Å²) in [6.45, 7) is 1.33. The Hall–Kier alpha value is -1.74. The predicted octanol–water partition coefficient (Wildman–Crippen LogP) is 0.550. The number of nitrogen functional groups attached to an aromatic ring is 1. The normalized spacial score (nSPS) is 13.2. The largest absolute Gasteiger partial charge is 0.399 e. The molecular formula is C12H17F2N3O3S. The van der Waals surface area contributed by atoms with Crippen LogP contribution in [0.1, 0.15) is 6.92 Å². The number of nitrogens with zero attached hydrogens (tertiary/aromatic N) is 1. The van der Waals surface area contributed by atoms with E-state index in [1.807, 2.05) is 0 Å². The third-order valence-electron chi connectivity index (χ3n) is 2.93. The zero-order valence-electron chi connectivity index (χ0n) is 11.9. The predicted molar refractivity (Wildman–Crippen MR) is 73.8 cm³/mol. The number of sulfonamides is 1. The highest BCUT2D eigenvalue weighted by molar-refractivity contribution is 7.89. The number of halogens is 2. The van der Waals surface area contributed by atoms with Gasteiger partial charge in [-0.05, 0) is 12.1 Å². The molecule has 1 rings (SSSR count). The van der Waals surface area contributed by atoms with Gasteiger partial charge in [0.05, 0.1) is 0 Å². The van der Waals surface area contributed by atoms with Crippen LogP contribution in [0, 0.1) is 17.6 Å². The van der Waals surface area contributed by atoms with Crippen LogP contribution in [0.15, 0.2) is 17.0 Å². The Morgan fingerprint density at radius 3 is 2.52 bits per heavy atom. The van der Waals surface area contributed by atoms with Crippen molar-refractivity contribution in [3.8, 4) is 0 Å². The summed E-state index contributed by atoms with van der Waals surface area (Å²) in [5.74, 6) is -3.86. The summed E-state index contributed by atoms with van der Waals surface area (Å²) in [4.78, 5) is 10.5. The van der Waals surface area contributed by atoms with Crippen LogP contribution in [0.2, 0.25) is 0 Å². The first kappa shape index (κ1) is 17.3. The molecule has 0 aliphatic heterocycles. The molecule has 0 heterocycles. The summed E-state index contributed by atoms with van der Waals surface area (Å²) in [6, 6.07) is 1.54. The maximum absolute atomic E-state index is 13.7. The monoisotopic (exact) mass is 321 g/mol. The number of nitrogens with two attached hydrogens (primary N) is 1. The number of hydrogen-bond acceptors (Lipinski definition) is 4. The minimum Gasteiger partial charge on any atom is -0.399 e. The smallest absolute Gasteiger partial charge is 0.245 e. The molecule has 0 aliphatic rings. The molecule has 0 spiro atoms. The van der Waals surface area contributed by atoms with Crippen molar-refractivity contribution in [1.82, 2.24) is 9.62 Å². The Balaban J connectivity index is 3.14. The van der Waals surface area contributed by atoms with Gasteiger partial charge in [0, 0.05) is 32.2 Å². The van der Waals surface area contributed by atoms with Gasteiger partial charge in [0.1, 0.15) is 4.90 Å². The van der Waals surface area contributed by atoms with Crippen molar-refractivity contribution >= 4 is 21.6 Å². The number of carbonyl (C=O) groups is 1. The van der Waals surface area contributed by atoms with Gasteiger partial charge in [0.15, 0.2) is 11.6 Å². The van der Waals surface area contributed by atoms with Crippen LogP contribution in [0.4, 0.5) is 14.5 Å². The van der Waals surface area contributed by atoms with Crippen molar-refractivity contribution in [2.24, 2.45) is 5.92 Å². The molecule has 1 unspecified atom stereocenters. The number of hydrogen-bond donors (Lipinski definition) is 2. The summed E-state index contributed by atoms with van der Waals surface area (Å²) in [7, 11) is -1.70. The van der Waals surface area contributed by atoms with E-state index in [4.69, 9.17) is 5.73 Å². The summed E-state index contributed by atoms with van der Waals surface area (Å²) in [5, 5.41) is 2.38. The Labute approximate surface area is 122 Å². The van der Waals surface area contributed by atoms with E-state index in [1.165, 1.54) is 21.0 Å². The third-order valence-corrected chi connectivity index (χ3v) is 4.75. The Morgan fingerprint density at radius 1 is 1.43 bits per heavy atom. The van der Waals surface area contributed by atoms with Gasteiger partial charge >= 0.3 is 0 Å². The number of carbonyl (C=O) groups excluding carboxylic acids is 1. The van der Waals surface area contributed by atoms with Crippen molar-refractivity contribution in [2.75, 3.05) is 26.4 Å². The van der Waals surface area contributed by atoms with E-state index in [0.717, 1.165) is 10.4 Å². The molecule has 118 valence electrons. The molecule has 21 heavy (non-hydrogen) atoms. The first-order valence-electron chi connectivity index (χ1n) is 6.03. The molecule has 1 aromatic carbocycles. The van der Waals surface area contributed by atoms with E-state index in [1.54, 1.807) is 0 Å². The fraction of sp³-hybridized carbons (Fsp3) is 0.417. The van der Waals surface area contributed by atoms with Crippen LogP contribution in [0.3, 0.4) is 0 Å². The average molecular weight is 321 g/mol. The first-order valence-corrected chi connectivity index (χ1v) is 7.47. The van der Waals surface area contributed by atoms with E-state index in [2.05, 4.69) is 5.32 Å². The van der Waals surface area contributed by atoms with Gasteiger partial charge in [-0.2, -0.15) is 0 Å². The van der Waals surface area contributed by atoms with Gasteiger partial charge in [-0.3, -0.25) is 4.79 Å². The Bertz CT molecular complexity index is 649. The molecule has 1 amide bonds. The molecule has 1 atom stereocenters. The molecule has 0 saturated heterocycles. The average Bonchev–Trinajstić information content (AvgIpc) is 2.41. The zero-order valence-corrected chi connectivity index (χ0v) is 12.7. The zero-order chi connectivity index (χ0) is 16.4. The van der Waals surface area contributed by atoms with Gasteiger partial charge < -0.3 is 11.1 Å². The molecule has 9 heteroatoms. The van der Waals surface area contributed by atoms with Gasteiger partial charge in [-0.15, -0.1) is 0 Å². The van der Waals surface area contributed by atoms with Crippen LogP contribution in [0.5, 0.6) is 0 Å². The maximum Gasteiger partial charge on any atom is 0.245 e. The maximum atomic E-state index is 13.7. The van der Waals surface area contributed by atoms with Gasteiger partial charge in [-0.25, -0.2) is 21.5 Å². The van der Waals surface area contributed by atoms with Crippen LogP contribution < -0.4 is 11.1 Å². The minimum atomic E-state index is -4.29. The number of rotatable bonds is 5. The van der Waals surface area contributed by atoms with E-state index >= 15 is 0 Å². The molecule has 0 radical (unpaired) electrons. The second-order valence-electron chi connectivity index (χ2n) is 4.62. The molecule has 0 bridgehead atoms. The van der Waals surface area contributed by atoms with Crippen molar-refractivity contribution < 1.29 is 22.0 Å². The highest BCUT2D eigenvalue weighted by atomic mass is 32.2.